The minimum Gasteiger partial charge on any atom is -0.504 e. The van der Waals surface area contributed by atoms with Crippen LogP contribution >= 0.6 is 0 Å². The minimum atomic E-state index is -0.227. The third kappa shape index (κ3) is 3.69. The highest BCUT2D eigenvalue weighted by molar-refractivity contribution is 5.55. The Morgan fingerprint density at radius 2 is 1.03 bits per heavy atom. The predicted molar refractivity (Wildman–Crippen MR) is 112 cm³/mol. The van der Waals surface area contributed by atoms with E-state index in [9.17, 15) is 5.11 Å². The average Bonchev–Trinajstić information content (AvgIpc) is 3.06. The Hall–Kier alpha value is -2.80. The van der Waals surface area contributed by atoms with Crippen molar-refractivity contribution >= 4 is 0 Å². The van der Waals surface area contributed by atoms with E-state index in [1.165, 1.54) is 7.11 Å². The molecule has 0 unspecified atom stereocenters. The van der Waals surface area contributed by atoms with Crippen LogP contribution in [0.25, 0.3) is 0 Å². The smallest absolute Gasteiger partial charge is 0.203 e. The second-order valence-electron chi connectivity index (χ2n) is 7.43. The lowest BCUT2D eigenvalue weighted by atomic mass is 9.85. The molecule has 1 fully saturated rings. The van der Waals surface area contributed by atoms with Gasteiger partial charge in [-0.05, 0) is 47.2 Å². The molecule has 3 rings (SSSR count). The van der Waals surface area contributed by atoms with Crippen LogP contribution in [0.5, 0.6) is 34.5 Å². The molecule has 0 aliphatic carbocycles. The molecule has 0 radical (unpaired) electrons. The summed E-state index contributed by atoms with van der Waals surface area (Å²) in [6.07, 6.45) is -0.413. The highest BCUT2D eigenvalue weighted by atomic mass is 16.5. The van der Waals surface area contributed by atoms with E-state index in [1.54, 1.807) is 34.5 Å². The Morgan fingerprint density at radius 1 is 0.633 bits per heavy atom. The van der Waals surface area contributed by atoms with Gasteiger partial charge in [0.1, 0.15) is 0 Å². The topological polar surface area (TPSA) is 75.6 Å². The van der Waals surface area contributed by atoms with Gasteiger partial charge in [0.2, 0.25) is 11.5 Å². The second-order valence-corrected chi connectivity index (χ2v) is 7.43. The van der Waals surface area contributed by atoms with E-state index in [-0.39, 0.29) is 29.8 Å². The minimum absolute atomic E-state index is 0.0199. The van der Waals surface area contributed by atoms with Gasteiger partial charge in [0.25, 0.3) is 0 Å². The normalized spacial score (nSPS) is 23.2. The fraction of sp³-hybridized carbons (Fsp3) is 0.478. The SMILES string of the molecule is COc1cc([C@H]2O[C@@H](c3cc(OC)c(OC)c(OC)c3)[C@H](C)[C@@H]2C)cc(O)c1OC. The number of phenolic OH excluding ortho intramolecular Hbond substituents is 1. The Morgan fingerprint density at radius 3 is 1.43 bits per heavy atom. The summed E-state index contributed by atoms with van der Waals surface area (Å²) in [5, 5.41) is 10.4. The van der Waals surface area contributed by atoms with Crippen LogP contribution in [0.2, 0.25) is 0 Å². The van der Waals surface area contributed by atoms with Crippen LogP contribution in [-0.4, -0.2) is 40.7 Å². The van der Waals surface area contributed by atoms with Crippen LogP contribution in [0.1, 0.15) is 37.2 Å². The van der Waals surface area contributed by atoms with Crippen molar-refractivity contribution in [1.29, 1.82) is 0 Å². The molecular weight excluding hydrogens is 388 g/mol. The van der Waals surface area contributed by atoms with E-state index >= 15 is 0 Å². The number of aromatic hydroxyl groups is 1. The van der Waals surface area contributed by atoms with Crippen molar-refractivity contribution in [1.82, 2.24) is 0 Å². The molecule has 0 spiro atoms. The summed E-state index contributed by atoms with van der Waals surface area (Å²) in [4.78, 5) is 0. The van der Waals surface area contributed by atoms with E-state index in [0.717, 1.165) is 11.1 Å². The van der Waals surface area contributed by atoms with Gasteiger partial charge in [-0.25, -0.2) is 0 Å². The Kier molecular flexibility index (Phi) is 6.51. The van der Waals surface area contributed by atoms with Crippen molar-refractivity contribution in [2.45, 2.75) is 26.1 Å². The molecule has 0 amide bonds. The monoisotopic (exact) mass is 418 g/mol. The van der Waals surface area contributed by atoms with Gasteiger partial charge < -0.3 is 33.5 Å². The van der Waals surface area contributed by atoms with Crippen molar-refractivity contribution in [3.63, 3.8) is 0 Å². The largest absolute Gasteiger partial charge is 0.504 e. The van der Waals surface area contributed by atoms with Crippen LogP contribution in [-0.2, 0) is 4.74 Å². The quantitative estimate of drug-likeness (QED) is 0.708. The molecule has 1 aliphatic rings. The highest BCUT2D eigenvalue weighted by Crippen LogP contribution is 2.53. The lowest BCUT2D eigenvalue weighted by Gasteiger charge is -2.20. The third-order valence-electron chi connectivity index (χ3n) is 5.90. The van der Waals surface area contributed by atoms with Crippen molar-refractivity contribution < 1.29 is 33.5 Å². The number of hydrogen-bond donors (Lipinski definition) is 1. The molecule has 30 heavy (non-hydrogen) atoms. The summed E-state index contributed by atoms with van der Waals surface area (Å²) in [6, 6.07) is 7.37. The molecule has 7 heteroatoms. The molecule has 1 saturated heterocycles. The van der Waals surface area contributed by atoms with Crippen molar-refractivity contribution in [2.75, 3.05) is 35.5 Å². The number of methoxy groups -OCH3 is 5. The van der Waals surface area contributed by atoms with Crippen molar-refractivity contribution in [2.24, 2.45) is 11.8 Å². The molecule has 2 aromatic rings. The summed E-state index contributed by atoms with van der Waals surface area (Å²) >= 11 is 0. The summed E-state index contributed by atoms with van der Waals surface area (Å²) < 4.78 is 33.6. The molecule has 0 saturated carbocycles. The van der Waals surface area contributed by atoms with E-state index in [1.807, 2.05) is 18.2 Å². The number of hydrogen-bond acceptors (Lipinski definition) is 7. The summed E-state index contributed by atoms with van der Waals surface area (Å²) in [5.74, 6) is 2.90. The molecule has 0 bridgehead atoms. The van der Waals surface area contributed by atoms with Gasteiger partial charge in [0, 0.05) is 0 Å². The molecular formula is C23H30O7. The molecule has 1 heterocycles. The average molecular weight is 418 g/mol. The van der Waals surface area contributed by atoms with Gasteiger partial charge >= 0.3 is 0 Å². The lowest BCUT2D eigenvalue weighted by molar-refractivity contribution is 0.0285. The second kappa shape index (κ2) is 8.92. The Balaban J connectivity index is 1.99. The highest BCUT2D eigenvalue weighted by Gasteiger charge is 2.41. The van der Waals surface area contributed by atoms with Crippen LogP contribution in [0.3, 0.4) is 0 Å². The number of phenols is 1. The Bertz CT molecular complexity index is 870. The first-order valence-electron chi connectivity index (χ1n) is 9.80. The molecule has 2 aromatic carbocycles. The predicted octanol–water partition coefficient (Wildman–Crippen LogP) is 4.52. The molecule has 1 aliphatic heterocycles. The molecule has 164 valence electrons. The van der Waals surface area contributed by atoms with Crippen molar-refractivity contribution in [3.05, 3.63) is 35.4 Å². The zero-order valence-corrected chi connectivity index (χ0v) is 18.5. The van der Waals surface area contributed by atoms with Crippen LogP contribution in [0.4, 0.5) is 0 Å². The van der Waals surface area contributed by atoms with E-state index < -0.39 is 0 Å². The molecule has 7 nitrogen and oxygen atoms in total. The van der Waals surface area contributed by atoms with Crippen LogP contribution < -0.4 is 23.7 Å². The number of benzene rings is 2. The summed E-state index contributed by atoms with van der Waals surface area (Å²) in [5.41, 5.74) is 1.77. The summed E-state index contributed by atoms with van der Waals surface area (Å²) in [6.45, 7) is 4.29. The summed E-state index contributed by atoms with van der Waals surface area (Å²) in [7, 11) is 7.81. The van der Waals surface area contributed by atoms with Gasteiger partial charge in [-0.15, -0.1) is 0 Å². The lowest BCUT2D eigenvalue weighted by Crippen LogP contribution is -2.10. The maximum Gasteiger partial charge on any atom is 0.203 e. The molecule has 1 N–H and O–H groups in total. The molecule has 0 aromatic heterocycles. The number of rotatable bonds is 7. The maximum atomic E-state index is 10.4. The fourth-order valence-corrected chi connectivity index (χ4v) is 4.12. The van der Waals surface area contributed by atoms with Gasteiger partial charge in [-0.1, -0.05) is 13.8 Å². The zero-order chi connectivity index (χ0) is 22.0. The van der Waals surface area contributed by atoms with Crippen LogP contribution in [0, 0.1) is 11.8 Å². The fourth-order valence-electron chi connectivity index (χ4n) is 4.12. The molecule has 4 atom stereocenters. The van der Waals surface area contributed by atoms with E-state index in [4.69, 9.17) is 28.4 Å². The third-order valence-corrected chi connectivity index (χ3v) is 5.90. The maximum absolute atomic E-state index is 10.4. The Labute approximate surface area is 177 Å². The van der Waals surface area contributed by atoms with Gasteiger partial charge in [0.05, 0.1) is 47.8 Å². The van der Waals surface area contributed by atoms with Gasteiger partial charge in [-0.3, -0.25) is 0 Å². The standard InChI is InChI=1S/C23H30O7/c1-12-13(2)21(15-10-18(26-4)23(29-7)19(11-15)27-5)30-20(12)14-8-16(24)22(28-6)17(9-14)25-3/h8-13,20-21,24H,1-7H3/t12-,13+,20-,21+/m0/s1. The number of ether oxygens (including phenoxy) is 6. The first kappa shape index (κ1) is 21.9. The van der Waals surface area contributed by atoms with Gasteiger partial charge in [-0.2, -0.15) is 0 Å². The zero-order valence-electron chi connectivity index (χ0n) is 18.5. The van der Waals surface area contributed by atoms with E-state index in [2.05, 4.69) is 13.8 Å². The van der Waals surface area contributed by atoms with Crippen LogP contribution in [0.15, 0.2) is 24.3 Å². The van der Waals surface area contributed by atoms with Crippen molar-refractivity contribution in [3.8, 4) is 34.5 Å². The van der Waals surface area contributed by atoms with E-state index in [0.29, 0.717) is 28.7 Å². The van der Waals surface area contributed by atoms with Gasteiger partial charge in [0.15, 0.2) is 23.0 Å². The first-order valence-corrected chi connectivity index (χ1v) is 9.80. The first-order chi connectivity index (χ1) is 14.4.